The number of hydrogen-bond donors (Lipinski definition) is 0. The lowest BCUT2D eigenvalue weighted by Gasteiger charge is -2.32. The smallest absolute Gasteiger partial charge is 0.316 e. The van der Waals surface area contributed by atoms with Gasteiger partial charge >= 0.3 is 6.01 Å². The van der Waals surface area contributed by atoms with E-state index in [1.165, 1.54) is 0 Å². The highest BCUT2D eigenvalue weighted by atomic mass is 19.1. The molecule has 7 nitrogen and oxygen atoms in total. The Hall–Kier alpha value is -2.77. The van der Waals surface area contributed by atoms with Gasteiger partial charge < -0.3 is 14.4 Å². The third-order valence-corrected chi connectivity index (χ3v) is 3.60. The Morgan fingerprint density at radius 1 is 1.33 bits per heavy atom. The van der Waals surface area contributed by atoms with Crippen molar-refractivity contribution in [3.8, 4) is 11.8 Å². The van der Waals surface area contributed by atoms with E-state index in [2.05, 4.69) is 15.0 Å². The summed E-state index contributed by atoms with van der Waals surface area (Å²) in [6, 6.07) is 3.60. The van der Waals surface area contributed by atoms with Gasteiger partial charge in [0.15, 0.2) is 12.4 Å². The fraction of sp³-hybridized carbons (Fsp3) is 0.375. The summed E-state index contributed by atoms with van der Waals surface area (Å²) in [6.07, 6.45) is 6.68. The Labute approximate surface area is 138 Å². The number of nitrogens with zero attached hydrogens (tertiary/aromatic N) is 4. The number of pyridine rings is 1. The molecule has 24 heavy (non-hydrogen) atoms. The van der Waals surface area contributed by atoms with Gasteiger partial charge in [-0.15, -0.1) is 0 Å². The molecule has 0 aliphatic carbocycles. The van der Waals surface area contributed by atoms with Crippen LogP contribution in [0.15, 0.2) is 36.9 Å². The van der Waals surface area contributed by atoms with Crippen LogP contribution < -0.4 is 9.47 Å². The monoisotopic (exact) mass is 332 g/mol. The molecule has 1 atom stereocenters. The fourth-order valence-electron chi connectivity index (χ4n) is 2.44. The molecule has 0 radical (unpaired) electrons. The highest BCUT2D eigenvalue weighted by molar-refractivity contribution is 5.77. The molecule has 8 heteroatoms. The van der Waals surface area contributed by atoms with E-state index in [1.807, 2.05) is 0 Å². The number of ether oxygens (including phenoxy) is 2. The van der Waals surface area contributed by atoms with Crippen LogP contribution in [0.2, 0.25) is 0 Å². The zero-order chi connectivity index (χ0) is 16.8. The maximum absolute atomic E-state index is 12.8. The molecular formula is C16H17FN4O3. The van der Waals surface area contributed by atoms with Crippen LogP contribution in [0.1, 0.15) is 12.8 Å². The molecule has 1 amide bonds. The van der Waals surface area contributed by atoms with Crippen molar-refractivity contribution >= 4 is 5.91 Å². The average Bonchev–Trinajstić information content (AvgIpc) is 2.63. The number of carbonyl (C=O) groups is 1. The quantitative estimate of drug-likeness (QED) is 0.825. The fourth-order valence-corrected chi connectivity index (χ4v) is 2.44. The van der Waals surface area contributed by atoms with Crippen LogP contribution in [-0.4, -0.2) is 51.6 Å². The van der Waals surface area contributed by atoms with Crippen molar-refractivity contribution in [2.45, 2.75) is 18.9 Å². The molecule has 1 aliphatic rings. The lowest BCUT2D eigenvalue weighted by molar-refractivity contribution is -0.136. The summed E-state index contributed by atoms with van der Waals surface area (Å²) in [5.41, 5.74) is 0. The molecule has 1 saturated heterocycles. The highest BCUT2D eigenvalue weighted by Crippen LogP contribution is 2.16. The first-order valence-electron chi connectivity index (χ1n) is 7.65. The molecule has 3 rings (SSSR count). The predicted molar refractivity (Wildman–Crippen MR) is 82.0 cm³/mol. The summed E-state index contributed by atoms with van der Waals surface area (Å²) in [6.45, 7) is 1.03. The first-order valence-corrected chi connectivity index (χ1v) is 7.65. The molecule has 126 valence electrons. The van der Waals surface area contributed by atoms with Crippen LogP contribution in [0, 0.1) is 5.82 Å². The molecule has 1 fully saturated rings. The second kappa shape index (κ2) is 7.67. The van der Waals surface area contributed by atoms with Crippen LogP contribution in [-0.2, 0) is 4.79 Å². The topological polar surface area (TPSA) is 77.4 Å². The number of likely N-dealkylation sites (tertiary alicyclic amines) is 1. The lowest BCUT2D eigenvalue weighted by atomic mass is 10.1. The highest BCUT2D eigenvalue weighted by Gasteiger charge is 2.25. The van der Waals surface area contributed by atoms with Crippen molar-refractivity contribution in [1.29, 1.82) is 0 Å². The second-order valence-electron chi connectivity index (χ2n) is 5.38. The van der Waals surface area contributed by atoms with Gasteiger partial charge in [-0.3, -0.25) is 9.78 Å². The standard InChI is InChI=1S/C16H17FN4O3/c17-12-7-19-16(20-8-12)24-14-4-2-6-21(10-14)15(22)11-23-13-3-1-5-18-9-13/h1,3,5,7-9,14H,2,4,6,10-11H2. The Morgan fingerprint density at radius 2 is 2.17 bits per heavy atom. The zero-order valence-corrected chi connectivity index (χ0v) is 13.0. The molecule has 2 aromatic rings. The zero-order valence-electron chi connectivity index (χ0n) is 13.0. The van der Waals surface area contributed by atoms with E-state index in [0.29, 0.717) is 18.8 Å². The van der Waals surface area contributed by atoms with Gasteiger partial charge in [-0.05, 0) is 25.0 Å². The van der Waals surface area contributed by atoms with Crippen molar-refractivity contribution in [2.75, 3.05) is 19.7 Å². The maximum atomic E-state index is 12.8. The van der Waals surface area contributed by atoms with Crippen LogP contribution in [0.5, 0.6) is 11.8 Å². The van der Waals surface area contributed by atoms with Crippen molar-refractivity contribution in [3.05, 3.63) is 42.7 Å². The summed E-state index contributed by atoms with van der Waals surface area (Å²) < 4.78 is 23.9. The molecule has 0 bridgehead atoms. The van der Waals surface area contributed by atoms with Gasteiger partial charge in [-0.2, -0.15) is 0 Å². The summed E-state index contributed by atoms with van der Waals surface area (Å²) in [5, 5.41) is 0. The van der Waals surface area contributed by atoms with Crippen LogP contribution >= 0.6 is 0 Å². The molecule has 1 unspecified atom stereocenters. The number of amides is 1. The summed E-state index contributed by atoms with van der Waals surface area (Å²) in [4.78, 5) is 25.4. The Kier molecular flexibility index (Phi) is 5.15. The van der Waals surface area contributed by atoms with Gasteiger partial charge in [0.25, 0.3) is 5.91 Å². The minimum absolute atomic E-state index is 0.0501. The van der Waals surface area contributed by atoms with Crippen molar-refractivity contribution in [1.82, 2.24) is 19.9 Å². The van der Waals surface area contributed by atoms with Gasteiger partial charge in [0, 0.05) is 12.7 Å². The SMILES string of the molecule is O=C(COc1cccnc1)N1CCCC(Oc2ncc(F)cn2)C1. The molecule has 1 aliphatic heterocycles. The summed E-state index contributed by atoms with van der Waals surface area (Å²) in [5.74, 6) is -0.0853. The van der Waals surface area contributed by atoms with E-state index < -0.39 is 5.82 Å². The molecular weight excluding hydrogens is 315 g/mol. The van der Waals surface area contributed by atoms with E-state index in [-0.39, 0.29) is 24.6 Å². The number of halogens is 1. The van der Waals surface area contributed by atoms with Gasteiger partial charge in [0.05, 0.1) is 25.1 Å². The molecule has 0 aromatic carbocycles. The number of carbonyl (C=O) groups excluding carboxylic acids is 1. The normalized spacial score (nSPS) is 17.4. The molecule has 2 aromatic heterocycles. The van der Waals surface area contributed by atoms with Gasteiger partial charge in [0.1, 0.15) is 11.9 Å². The Morgan fingerprint density at radius 3 is 2.92 bits per heavy atom. The summed E-state index contributed by atoms with van der Waals surface area (Å²) >= 11 is 0. The molecule has 0 N–H and O–H groups in total. The average molecular weight is 332 g/mol. The van der Waals surface area contributed by atoms with Crippen molar-refractivity contribution in [3.63, 3.8) is 0 Å². The largest absolute Gasteiger partial charge is 0.482 e. The van der Waals surface area contributed by atoms with E-state index >= 15 is 0 Å². The molecule has 0 spiro atoms. The second-order valence-corrected chi connectivity index (χ2v) is 5.38. The van der Waals surface area contributed by atoms with Crippen molar-refractivity contribution < 1.29 is 18.7 Å². The predicted octanol–water partition coefficient (Wildman–Crippen LogP) is 1.46. The van der Waals surface area contributed by atoms with E-state index in [0.717, 1.165) is 25.2 Å². The van der Waals surface area contributed by atoms with Crippen LogP contribution in [0.25, 0.3) is 0 Å². The third kappa shape index (κ3) is 4.37. The number of aromatic nitrogens is 3. The van der Waals surface area contributed by atoms with Crippen LogP contribution in [0.3, 0.4) is 0 Å². The van der Waals surface area contributed by atoms with Gasteiger partial charge in [-0.1, -0.05) is 0 Å². The molecule has 3 heterocycles. The Bertz CT molecular complexity index is 669. The van der Waals surface area contributed by atoms with Crippen molar-refractivity contribution in [2.24, 2.45) is 0 Å². The number of rotatable bonds is 5. The summed E-state index contributed by atoms with van der Waals surface area (Å²) in [7, 11) is 0. The lowest BCUT2D eigenvalue weighted by Crippen LogP contribution is -2.46. The third-order valence-electron chi connectivity index (χ3n) is 3.60. The number of piperidine rings is 1. The minimum atomic E-state index is -0.518. The Balaban J connectivity index is 1.51. The maximum Gasteiger partial charge on any atom is 0.316 e. The first-order chi connectivity index (χ1) is 11.7. The van der Waals surface area contributed by atoms with E-state index in [9.17, 15) is 9.18 Å². The molecule has 0 saturated carbocycles. The van der Waals surface area contributed by atoms with Crippen LogP contribution in [0.4, 0.5) is 4.39 Å². The van der Waals surface area contributed by atoms with Gasteiger partial charge in [0.2, 0.25) is 0 Å². The van der Waals surface area contributed by atoms with E-state index in [4.69, 9.17) is 9.47 Å². The number of hydrogen-bond acceptors (Lipinski definition) is 6. The van der Waals surface area contributed by atoms with Gasteiger partial charge in [-0.25, -0.2) is 14.4 Å². The first kappa shape index (κ1) is 16.1. The minimum Gasteiger partial charge on any atom is -0.482 e. The van der Waals surface area contributed by atoms with E-state index in [1.54, 1.807) is 29.4 Å².